The summed E-state index contributed by atoms with van der Waals surface area (Å²) in [6.45, 7) is 6.86. The summed E-state index contributed by atoms with van der Waals surface area (Å²) in [4.78, 5) is 13.2. The summed E-state index contributed by atoms with van der Waals surface area (Å²) >= 11 is 0. The summed E-state index contributed by atoms with van der Waals surface area (Å²) < 4.78 is 0. The van der Waals surface area contributed by atoms with E-state index in [4.69, 9.17) is 0 Å². The van der Waals surface area contributed by atoms with Crippen molar-refractivity contribution in [2.24, 2.45) is 5.41 Å². The largest absolute Gasteiger partial charge is 0.336 e. The molecule has 2 amide bonds. The molecule has 0 unspecified atom stereocenters. The predicted octanol–water partition coefficient (Wildman–Crippen LogP) is 1.57. The summed E-state index contributed by atoms with van der Waals surface area (Å²) in [5.41, 5.74) is 0.549. The van der Waals surface area contributed by atoms with Gasteiger partial charge in [-0.05, 0) is 24.7 Å². The van der Waals surface area contributed by atoms with Crippen LogP contribution < -0.4 is 10.6 Å². The van der Waals surface area contributed by atoms with Crippen LogP contribution in [0.25, 0.3) is 0 Å². The Morgan fingerprint density at radius 1 is 1.41 bits per heavy atom. The summed E-state index contributed by atoms with van der Waals surface area (Å²) in [7, 11) is 0. The lowest BCUT2D eigenvalue weighted by molar-refractivity contribution is 0.215. The third-order valence-corrected chi connectivity index (χ3v) is 4.42. The van der Waals surface area contributed by atoms with Gasteiger partial charge in [0, 0.05) is 32.7 Å². The molecule has 1 aliphatic heterocycles. The summed E-state index contributed by atoms with van der Waals surface area (Å²) in [6, 6.07) is 0.0953. The second kappa shape index (κ2) is 5.71. The fraction of sp³-hybridized carbons (Fsp3) is 0.923. The van der Waals surface area contributed by atoms with Crippen LogP contribution in [-0.4, -0.2) is 43.7 Å². The summed E-state index contributed by atoms with van der Waals surface area (Å²) in [5, 5.41) is 6.37. The van der Waals surface area contributed by atoms with Crippen molar-refractivity contribution in [2.75, 3.05) is 32.7 Å². The number of nitrogens with zero attached hydrogens (tertiary/aromatic N) is 1. The Hall–Kier alpha value is -0.770. The Labute approximate surface area is 104 Å². The Bertz CT molecular complexity index is 261. The molecule has 1 heterocycles. The number of amides is 2. The van der Waals surface area contributed by atoms with E-state index in [0.717, 1.165) is 32.7 Å². The average Bonchev–Trinajstić information content (AvgIpc) is 2.95. The van der Waals surface area contributed by atoms with Crippen LogP contribution in [0.1, 0.15) is 39.0 Å². The molecule has 2 fully saturated rings. The highest BCUT2D eigenvalue weighted by Gasteiger charge is 2.31. The molecule has 1 saturated carbocycles. The van der Waals surface area contributed by atoms with Crippen molar-refractivity contribution in [3.63, 3.8) is 0 Å². The number of carbonyl (C=O) groups is 1. The molecule has 0 aromatic carbocycles. The lowest BCUT2D eigenvalue weighted by atomic mass is 9.83. The van der Waals surface area contributed by atoms with Gasteiger partial charge in [-0.25, -0.2) is 4.79 Å². The summed E-state index contributed by atoms with van der Waals surface area (Å²) in [6.07, 6.45) is 6.82. The molecule has 98 valence electrons. The Morgan fingerprint density at radius 2 is 2.18 bits per heavy atom. The van der Waals surface area contributed by atoms with E-state index >= 15 is 0 Å². The first kappa shape index (κ1) is 12.7. The highest BCUT2D eigenvalue weighted by molar-refractivity contribution is 5.76. The minimum Gasteiger partial charge on any atom is -0.336 e. The molecule has 0 spiro atoms. The molecular formula is C13H25N3O. The molecule has 4 nitrogen and oxygen atoms in total. The fourth-order valence-electron chi connectivity index (χ4n) is 3.07. The topological polar surface area (TPSA) is 44.4 Å². The van der Waals surface area contributed by atoms with E-state index in [2.05, 4.69) is 17.6 Å². The van der Waals surface area contributed by atoms with E-state index in [1.165, 1.54) is 32.1 Å². The highest BCUT2D eigenvalue weighted by atomic mass is 16.2. The van der Waals surface area contributed by atoms with Crippen LogP contribution in [0.2, 0.25) is 0 Å². The molecule has 4 heteroatoms. The zero-order chi connectivity index (χ0) is 12.1. The molecule has 0 atom stereocenters. The van der Waals surface area contributed by atoms with Gasteiger partial charge in [0.2, 0.25) is 0 Å². The van der Waals surface area contributed by atoms with Crippen LogP contribution >= 0.6 is 0 Å². The second-order valence-corrected chi connectivity index (χ2v) is 5.46. The van der Waals surface area contributed by atoms with Crippen LogP contribution in [0.3, 0.4) is 0 Å². The quantitative estimate of drug-likeness (QED) is 0.691. The lowest BCUT2D eigenvalue weighted by Crippen LogP contribution is -2.38. The number of carbonyl (C=O) groups excluding carboxylic acids is 1. The highest BCUT2D eigenvalue weighted by Crippen LogP contribution is 2.40. The number of nitrogens with one attached hydrogen (secondary N) is 2. The maximum Gasteiger partial charge on any atom is 0.317 e. The van der Waals surface area contributed by atoms with Gasteiger partial charge in [-0.3, -0.25) is 0 Å². The van der Waals surface area contributed by atoms with Gasteiger partial charge in [0.25, 0.3) is 0 Å². The monoisotopic (exact) mass is 239 g/mol. The molecule has 2 rings (SSSR count). The van der Waals surface area contributed by atoms with E-state index in [0.29, 0.717) is 5.41 Å². The predicted molar refractivity (Wildman–Crippen MR) is 69.0 cm³/mol. The molecule has 0 aromatic heterocycles. The van der Waals surface area contributed by atoms with Crippen molar-refractivity contribution < 1.29 is 4.79 Å². The van der Waals surface area contributed by atoms with Gasteiger partial charge in [-0.1, -0.05) is 19.8 Å². The van der Waals surface area contributed by atoms with Crippen LogP contribution in [-0.2, 0) is 0 Å². The van der Waals surface area contributed by atoms with E-state index < -0.39 is 0 Å². The van der Waals surface area contributed by atoms with Crippen molar-refractivity contribution >= 4 is 6.03 Å². The Balaban J connectivity index is 1.63. The Morgan fingerprint density at radius 3 is 2.76 bits per heavy atom. The molecule has 2 N–H and O–H groups in total. The van der Waals surface area contributed by atoms with Crippen LogP contribution in [0.5, 0.6) is 0 Å². The third kappa shape index (κ3) is 3.12. The van der Waals surface area contributed by atoms with E-state index in [-0.39, 0.29) is 6.03 Å². The van der Waals surface area contributed by atoms with Crippen molar-refractivity contribution in [1.82, 2.24) is 15.5 Å². The second-order valence-electron chi connectivity index (χ2n) is 5.46. The molecule has 0 bridgehead atoms. The molecule has 1 aliphatic carbocycles. The van der Waals surface area contributed by atoms with Crippen molar-refractivity contribution in [1.29, 1.82) is 0 Å². The molecule has 17 heavy (non-hydrogen) atoms. The first-order chi connectivity index (χ1) is 8.26. The van der Waals surface area contributed by atoms with Crippen molar-refractivity contribution in [3.8, 4) is 0 Å². The molecular weight excluding hydrogens is 214 g/mol. The van der Waals surface area contributed by atoms with Crippen molar-refractivity contribution in [3.05, 3.63) is 0 Å². The smallest absolute Gasteiger partial charge is 0.317 e. The SMILES string of the molecule is CCC1(CNCCN2CCNC2=O)CCCC1. The standard InChI is InChI=1S/C13H25N3O/c1-2-13(5-3-4-6-13)11-14-7-9-16-10-8-15-12(16)17/h14H,2-11H2,1H3,(H,15,17). The fourth-order valence-corrected chi connectivity index (χ4v) is 3.07. The van der Waals surface area contributed by atoms with Gasteiger partial charge in [0.1, 0.15) is 0 Å². The molecule has 1 saturated heterocycles. The first-order valence-electron chi connectivity index (χ1n) is 6.99. The summed E-state index contributed by atoms with van der Waals surface area (Å²) in [5.74, 6) is 0. The van der Waals surface area contributed by atoms with Gasteiger partial charge < -0.3 is 15.5 Å². The van der Waals surface area contributed by atoms with Crippen molar-refractivity contribution in [2.45, 2.75) is 39.0 Å². The zero-order valence-electron chi connectivity index (χ0n) is 10.9. The number of hydrogen-bond donors (Lipinski definition) is 2. The minimum absolute atomic E-state index is 0.0953. The van der Waals surface area contributed by atoms with Gasteiger partial charge in [-0.15, -0.1) is 0 Å². The van der Waals surface area contributed by atoms with E-state index in [1.54, 1.807) is 0 Å². The van der Waals surface area contributed by atoms with Gasteiger partial charge >= 0.3 is 6.03 Å². The Kier molecular flexibility index (Phi) is 4.26. The zero-order valence-corrected chi connectivity index (χ0v) is 10.9. The first-order valence-corrected chi connectivity index (χ1v) is 6.99. The minimum atomic E-state index is 0.0953. The van der Waals surface area contributed by atoms with Crippen LogP contribution in [0.4, 0.5) is 4.79 Å². The molecule has 2 aliphatic rings. The van der Waals surface area contributed by atoms with E-state index in [9.17, 15) is 4.79 Å². The molecule has 0 aromatic rings. The number of hydrogen-bond acceptors (Lipinski definition) is 2. The van der Waals surface area contributed by atoms with Crippen LogP contribution in [0, 0.1) is 5.41 Å². The normalized spacial score (nSPS) is 23.1. The average molecular weight is 239 g/mol. The van der Waals surface area contributed by atoms with Gasteiger partial charge in [0.15, 0.2) is 0 Å². The number of urea groups is 1. The molecule has 0 radical (unpaired) electrons. The maximum absolute atomic E-state index is 11.3. The maximum atomic E-state index is 11.3. The number of rotatable bonds is 6. The third-order valence-electron chi connectivity index (χ3n) is 4.42. The van der Waals surface area contributed by atoms with Crippen LogP contribution in [0.15, 0.2) is 0 Å². The van der Waals surface area contributed by atoms with Gasteiger partial charge in [-0.2, -0.15) is 0 Å². The van der Waals surface area contributed by atoms with E-state index in [1.807, 2.05) is 4.90 Å². The van der Waals surface area contributed by atoms with Gasteiger partial charge in [0.05, 0.1) is 0 Å². The lowest BCUT2D eigenvalue weighted by Gasteiger charge is -2.28.